The van der Waals surface area contributed by atoms with E-state index >= 15 is 0 Å². The van der Waals surface area contributed by atoms with E-state index in [4.69, 9.17) is 27.9 Å². The molecule has 0 heterocycles. The molecule has 0 atom stereocenters. The van der Waals surface area contributed by atoms with Crippen LogP contribution in [0.4, 0.5) is 4.39 Å². The average Bonchev–Trinajstić information content (AvgIpc) is 2.43. The van der Waals surface area contributed by atoms with Crippen LogP contribution >= 0.6 is 23.2 Å². The number of alkyl halides is 1. The molecular formula is C17H17Cl2FO. The first-order chi connectivity index (χ1) is 9.92. The molecular weight excluding hydrogens is 310 g/mol. The SMILES string of the molecule is Cc1cc(Cl)c(C(C)C)cc1Oc1ccc(CCl)cc1F. The van der Waals surface area contributed by atoms with Gasteiger partial charge in [0, 0.05) is 10.9 Å². The van der Waals surface area contributed by atoms with Gasteiger partial charge in [-0.05, 0) is 53.8 Å². The molecule has 0 amide bonds. The number of halogens is 3. The maximum Gasteiger partial charge on any atom is 0.166 e. The fourth-order valence-electron chi connectivity index (χ4n) is 2.05. The number of hydrogen-bond acceptors (Lipinski definition) is 1. The van der Waals surface area contributed by atoms with Crippen LogP contribution in [0.1, 0.15) is 36.5 Å². The van der Waals surface area contributed by atoms with Crippen molar-refractivity contribution in [2.45, 2.75) is 32.6 Å². The molecule has 0 aliphatic heterocycles. The first-order valence-electron chi connectivity index (χ1n) is 6.74. The quantitative estimate of drug-likeness (QED) is 0.587. The van der Waals surface area contributed by atoms with Crippen LogP contribution in [-0.2, 0) is 5.88 Å². The third kappa shape index (κ3) is 3.69. The highest BCUT2D eigenvalue weighted by Crippen LogP contribution is 2.34. The maximum absolute atomic E-state index is 14.0. The molecule has 0 spiro atoms. The smallest absolute Gasteiger partial charge is 0.166 e. The van der Waals surface area contributed by atoms with Crippen molar-refractivity contribution in [3.63, 3.8) is 0 Å². The van der Waals surface area contributed by atoms with E-state index in [1.54, 1.807) is 12.1 Å². The minimum absolute atomic E-state index is 0.184. The zero-order valence-corrected chi connectivity index (χ0v) is 13.7. The van der Waals surface area contributed by atoms with Gasteiger partial charge in [0.25, 0.3) is 0 Å². The van der Waals surface area contributed by atoms with E-state index in [0.717, 1.165) is 16.7 Å². The molecule has 2 aromatic carbocycles. The van der Waals surface area contributed by atoms with Gasteiger partial charge in [-0.15, -0.1) is 11.6 Å². The summed E-state index contributed by atoms with van der Waals surface area (Å²) in [5.41, 5.74) is 2.57. The zero-order chi connectivity index (χ0) is 15.6. The molecule has 0 saturated carbocycles. The fraction of sp³-hybridized carbons (Fsp3) is 0.294. The molecule has 2 aromatic rings. The molecule has 0 unspecified atom stereocenters. The van der Waals surface area contributed by atoms with E-state index in [1.165, 1.54) is 6.07 Å². The molecule has 0 aliphatic rings. The summed E-state index contributed by atoms with van der Waals surface area (Å²) in [7, 11) is 0. The molecule has 4 heteroatoms. The van der Waals surface area contributed by atoms with Crippen LogP contribution in [0.25, 0.3) is 0 Å². The van der Waals surface area contributed by atoms with Gasteiger partial charge in [-0.1, -0.05) is 31.5 Å². The highest BCUT2D eigenvalue weighted by Gasteiger charge is 2.12. The molecule has 21 heavy (non-hydrogen) atoms. The molecule has 0 saturated heterocycles. The van der Waals surface area contributed by atoms with Crippen LogP contribution in [-0.4, -0.2) is 0 Å². The number of ether oxygens (including phenoxy) is 1. The zero-order valence-electron chi connectivity index (χ0n) is 12.2. The average molecular weight is 327 g/mol. The van der Waals surface area contributed by atoms with Crippen molar-refractivity contribution in [2.75, 3.05) is 0 Å². The molecule has 0 aliphatic carbocycles. The van der Waals surface area contributed by atoms with E-state index in [-0.39, 0.29) is 17.5 Å². The Hall–Kier alpha value is -1.25. The van der Waals surface area contributed by atoms with Crippen LogP contribution in [0.15, 0.2) is 30.3 Å². The highest BCUT2D eigenvalue weighted by molar-refractivity contribution is 6.31. The van der Waals surface area contributed by atoms with Crippen LogP contribution < -0.4 is 4.74 Å². The van der Waals surface area contributed by atoms with Gasteiger partial charge in [0.15, 0.2) is 11.6 Å². The van der Waals surface area contributed by atoms with E-state index < -0.39 is 5.82 Å². The van der Waals surface area contributed by atoms with Crippen LogP contribution in [0.5, 0.6) is 11.5 Å². The van der Waals surface area contributed by atoms with Gasteiger partial charge in [-0.25, -0.2) is 4.39 Å². The third-order valence-electron chi connectivity index (χ3n) is 3.29. The summed E-state index contributed by atoms with van der Waals surface area (Å²) in [5, 5.41) is 0.702. The Bertz CT molecular complexity index is 653. The summed E-state index contributed by atoms with van der Waals surface area (Å²) in [4.78, 5) is 0. The van der Waals surface area contributed by atoms with Crippen molar-refractivity contribution in [2.24, 2.45) is 0 Å². The van der Waals surface area contributed by atoms with E-state index in [1.807, 2.05) is 19.1 Å². The van der Waals surface area contributed by atoms with Gasteiger partial charge in [-0.2, -0.15) is 0 Å². The summed E-state index contributed by atoms with van der Waals surface area (Å²) in [6, 6.07) is 8.45. The summed E-state index contributed by atoms with van der Waals surface area (Å²) in [6.45, 7) is 5.99. The van der Waals surface area contributed by atoms with E-state index in [0.29, 0.717) is 10.8 Å². The second kappa shape index (κ2) is 6.67. The third-order valence-corrected chi connectivity index (χ3v) is 3.92. The predicted molar refractivity (Wildman–Crippen MR) is 86.3 cm³/mol. The summed E-state index contributed by atoms with van der Waals surface area (Å²) < 4.78 is 19.7. The number of benzene rings is 2. The number of hydrogen-bond donors (Lipinski definition) is 0. The lowest BCUT2D eigenvalue weighted by Gasteiger charge is -2.15. The molecule has 0 radical (unpaired) electrons. The number of rotatable bonds is 4. The van der Waals surface area contributed by atoms with Gasteiger partial charge in [0.1, 0.15) is 5.75 Å². The monoisotopic (exact) mass is 326 g/mol. The van der Waals surface area contributed by atoms with Crippen molar-refractivity contribution in [3.05, 3.63) is 57.9 Å². The standard InChI is InChI=1S/C17H17Cl2FO/c1-10(2)13-8-17(11(3)6-14(13)19)21-16-5-4-12(9-18)7-15(16)20/h4-8,10H,9H2,1-3H3. The Morgan fingerprint density at radius 1 is 1.14 bits per heavy atom. The van der Waals surface area contributed by atoms with Gasteiger partial charge in [0.05, 0.1) is 0 Å². The van der Waals surface area contributed by atoms with Gasteiger partial charge in [0.2, 0.25) is 0 Å². The van der Waals surface area contributed by atoms with Crippen molar-refractivity contribution in [3.8, 4) is 11.5 Å². The molecule has 0 bridgehead atoms. The second-order valence-corrected chi connectivity index (χ2v) is 5.97. The number of aryl methyl sites for hydroxylation is 1. The summed E-state index contributed by atoms with van der Waals surface area (Å²) >= 11 is 11.9. The van der Waals surface area contributed by atoms with Gasteiger partial charge >= 0.3 is 0 Å². The lowest BCUT2D eigenvalue weighted by Crippen LogP contribution is -1.96. The Balaban J connectivity index is 2.37. The predicted octanol–water partition coefficient (Wildman–Crippen LogP) is 6.44. The fourth-order valence-corrected chi connectivity index (χ4v) is 2.65. The molecule has 0 aromatic heterocycles. The van der Waals surface area contributed by atoms with E-state index in [2.05, 4.69) is 13.8 Å². The lowest BCUT2D eigenvalue weighted by atomic mass is 10.0. The lowest BCUT2D eigenvalue weighted by molar-refractivity contribution is 0.438. The summed E-state index contributed by atoms with van der Waals surface area (Å²) in [6.07, 6.45) is 0. The molecule has 1 nitrogen and oxygen atoms in total. The molecule has 0 fully saturated rings. The van der Waals surface area contributed by atoms with Gasteiger partial charge in [-0.3, -0.25) is 0 Å². The Morgan fingerprint density at radius 2 is 1.86 bits per heavy atom. The van der Waals surface area contributed by atoms with Crippen LogP contribution in [0.2, 0.25) is 5.02 Å². The minimum atomic E-state index is -0.423. The largest absolute Gasteiger partial charge is 0.454 e. The Morgan fingerprint density at radius 3 is 2.43 bits per heavy atom. The van der Waals surface area contributed by atoms with E-state index in [9.17, 15) is 4.39 Å². The topological polar surface area (TPSA) is 9.23 Å². The van der Waals surface area contributed by atoms with Crippen LogP contribution in [0.3, 0.4) is 0 Å². The second-order valence-electron chi connectivity index (χ2n) is 5.29. The Kier molecular flexibility index (Phi) is 5.13. The highest BCUT2D eigenvalue weighted by atomic mass is 35.5. The minimum Gasteiger partial charge on any atom is -0.454 e. The first-order valence-corrected chi connectivity index (χ1v) is 7.66. The molecule has 0 N–H and O–H groups in total. The summed E-state index contributed by atoms with van der Waals surface area (Å²) in [5.74, 6) is 0.913. The normalized spacial score (nSPS) is 11.0. The maximum atomic E-state index is 14.0. The van der Waals surface area contributed by atoms with Crippen molar-refractivity contribution in [1.29, 1.82) is 0 Å². The van der Waals surface area contributed by atoms with Gasteiger partial charge < -0.3 is 4.74 Å². The van der Waals surface area contributed by atoms with Crippen molar-refractivity contribution < 1.29 is 9.13 Å². The molecule has 112 valence electrons. The molecule has 2 rings (SSSR count). The van der Waals surface area contributed by atoms with Crippen LogP contribution in [0, 0.1) is 12.7 Å². The van der Waals surface area contributed by atoms with Crippen molar-refractivity contribution >= 4 is 23.2 Å². The van der Waals surface area contributed by atoms with Crippen molar-refractivity contribution in [1.82, 2.24) is 0 Å². The Labute approximate surface area is 134 Å². The first kappa shape index (κ1) is 16.1.